The lowest BCUT2D eigenvalue weighted by Crippen LogP contribution is -2.11. The maximum absolute atomic E-state index is 7.33. The SMILES string of the molecule is C=CO.CCOC(C)OCC. The van der Waals surface area contributed by atoms with Crippen LogP contribution in [0.1, 0.15) is 20.8 Å². The Labute approximate surface area is 68.6 Å². The molecule has 0 spiro atoms. The number of hydrogen-bond acceptors (Lipinski definition) is 3. The highest BCUT2D eigenvalue weighted by Gasteiger charge is 1.94. The fourth-order valence-electron chi connectivity index (χ4n) is 0.518. The maximum Gasteiger partial charge on any atom is 0.154 e. The topological polar surface area (TPSA) is 38.7 Å². The van der Waals surface area contributed by atoms with Gasteiger partial charge in [0, 0.05) is 13.2 Å². The van der Waals surface area contributed by atoms with E-state index >= 15 is 0 Å². The Bertz CT molecular complexity index is 67.7. The lowest BCUT2D eigenvalue weighted by atomic mass is 10.7. The fraction of sp³-hybridized carbons (Fsp3) is 0.750. The van der Waals surface area contributed by atoms with E-state index in [2.05, 4.69) is 6.58 Å². The Hall–Kier alpha value is -0.540. The first-order chi connectivity index (χ1) is 5.22. The summed E-state index contributed by atoms with van der Waals surface area (Å²) in [7, 11) is 0. The van der Waals surface area contributed by atoms with Crippen molar-refractivity contribution in [1.82, 2.24) is 0 Å². The van der Waals surface area contributed by atoms with Gasteiger partial charge in [-0.25, -0.2) is 0 Å². The zero-order chi connectivity index (χ0) is 9.11. The van der Waals surface area contributed by atoms with Crippen LogP contribution in [-0.4, -0.2) is 24.6 Å². The Morgan fingerprint density at radius 3 is 1.82 bits per heavy atom. The minimum Gasteiger partial charge on any atom is -0.516 e. The first-order valence-corrected chi connectivity index (χ1v) is 3.71. The van der Waals surface area contributed by atoms with Gasteiger partial charge in [-0.3, -0.25) is 0 Å². The molecule has 0 aromatic heterocycles. The van der Waals surface area contributed by atoms with E-state index in [0.717, 1.165) is 19.5 Å². The molecule has 1 N–H and O–H groups in total. The molecule has 3 nitrogen and oxygen atoms in total. The molecule has 68 valence electrons. The van der Waals surface area contributed by atoms with Gasteiger partial charge in [-0.1, -0.05) is 6.58 Å². The van der Waals surface area contributed by atoms with Crippen molar-refractivity contribution in [2.24, 2.45) is 0 Å². The Morgan fingerprint density at radius 1 is 1.36 bits per heavy atom. The highest BCUT2D eigenvalue weighted by atomic mass is 16.7. The number of hydrogen-bond donors (Lipinski definition) is 1. The number of ether oxygens (including phenoxy) is 2. The van der Waals surface area contributed by atoms with Crippen LogP contribution < -0.4 is 0 Å². The third-order valence-electron chi connectivity index (χ3n) is 0.803. The minimum absolute atomic E-state index is 0.0370. The summed E-state index contributed by atoms with van der Waals surface area (Å²) in [5.41, 5.74) is 0. The van der Waals surface area contributed by atoms with Crippen LogP contribution in [0.3, 0.4) is 0 Å². The molecule has 0 saturated heterocycles. The fourth-order valence-corrected chi connectivity index (χ4v) is 0.518. The van der Waals surface area contributed by atoms with Gasteiger partial charge in [-0.15, -0.1) is 0 Å². The molecule has 0 aliphatic rings. The quantitative estimate of drug-likeness (QED) is 0.508. The van der Waals surface area contributed by atoms with E-state index in [1.165, 1.54) is 0 Å². The first-order valence-electron chi connectivity index (χ1n) is 3.71. The smallest absolute Gasteiger partial charge is 0.154 e. The van der Waals surface area contributed by atoms with Crippen molar-refractivity contribution < 1.29 is 14.6 Å². The second-order valence-electron chi connectivity index (χ2n) is 1.66. The summed E-state index contributed by atoms with van der Waals surface area (Å²) < 4.78 is 10.1. The molecular formula is C8H18O3. The van der Waals surface area contributed by atoms with E-state index in [1.54, 1.807) is 0 Å². The normalized spacial score (nSPS) is 8.73. The zero-order valence-electron chi connectivity index (χ0n) is 7.54. The predicted molar refractivity (Wildman–Crippen MR) is 45.5 cm³/mol. The van der Waals surface area contributed by atoms with Crippen LogP contribution in [-0.2, 0) is 9.47 Å². The van der Waals surface area contributed by atoms with Crippen molar-refractivity contribution in [2.45, 2.75) is 27.1 Å². The number of aliphatic hydroxyl groups is 1. The van der Waals surface area contributed by atoms with Crippen LogP contribution in [0.2, 0.25) is 0 Å². The van der Waals surface area contributed by atoms with Gasteiger partial charge in [-0.2, -0.15) is 0 Å². The van der Waals surface area contributed by atoms with Crippen molar-refractivity contribution in [3.8, 4) is 0 Å². The zero-order valence-corrected chi connectivity index (χ0v) is 7.54. The Balaban J connectivity index is 0. The Kier molecular flexibility index (Phi) is 14.5. The molecule has 0 aliphatic heterocycles. The third kappa shape index (κ3) is 17.7. The average molecular weight is 162 g/mol. The highest BCUT2D eigenvalue weighted by molar-refractivity contribution is 4.38. The third-order valence-corrected chi connectivity index (χ3v) is 0.803. The van der Waals surface area contributed by atoms with Gasteiger partial charge in [0.05, 0.1) is 6.26 Å². The Morgan fingerprint density at radius 2 is 1.64 bits per heavy atom. The molecule has 0 rings (SSSR count). The average Bonchev–Trinajstić information content (AvgIpc) is 1.90. The van der Waals surface area contributed by atoms with Crippen molar-refractivity contribution in [2.75, 3.05) is 13.2 Å². The van der Waals surface area contributed by atoms with Gasteiger partial charge in [0.2, 0.25) is 0 Å². The van der Waals surface area contributed by atoms with Crippen LogP contribution in [0.4, 0.5) is 0 Å². The highest BCUT2D eigenvalue weighted by Crippen LogP contribution is 1.90. The van der Waals surface area contributed by atoms with Crippen molar-refractivity contribution in [3.05, 3.63) is 12.8 Å². The van der Waals surface area contributed by atoms with Crippen LogP contribution in [0.25, 0.3) is 0 Å². The molecule has 11 heavy (non-hydrogen) atoms. The monoisotopic (exact) mass is 162 g/mol. The lowest BCUT2D eigenvalue weighted by molar-refractivity contribution is -0.123. The summed E-state index contributed by atoms with van der Waals surface area (Å²) in [6, 6.07) is 0. The molecule has 0 aromatic rings. The van der Waals surface area contributed by atoms with Gasteiger partial charge in [0.1, 0.15) is 0 Å². The lowest BCUT2D eigenvalue weighted by Gasteiger charge is -2.09. The van der Waals surface area contributed by atoms with Crippen LogP contribution in [0.5, 0.6) is 0 Å². The van der Waals surface area contributed by atoms with Gasteiger partial charge < -0.3 is 14.6 Å². The van der Waals surface area contributed by atoms with Gasteiger partial charge in [0.15, 0.2) is 6.29 Å². The van der Waals surface area contributed by atoms with Crippen molar-refractivity contribution >= 4 is 0 Å². The molecular weight excluding hydrogens is 144 g/mol. The summed E-state index contributed by atoms with van der Waals surface area (Å²) in [5.74, 6) is 0. The molecule has 3 heteroatoms. The molecule has 0 atom stereocenters. The first kappa shape index (κ1) is 13.1. The van der Waals surface area contributed by atoms with E-state index < -0.39 is 0 Å². The molecule has 0 saturated carbocycles. The van der Waals surface area contributed by atoms with E-state index in [4.69, 9.17) is 14.6 Å². The van der Waals surface area contributed by atoms with Gasteiger partial charge in [0.25, 0.3) is 0 Å². The molecule has 0 aliphatic carbocycles. The van der Waals surface area contributed by atoms with Crippen molar-refractivity contribution in [3.63, 3.8) is 0 Å². The van der Waals surface area contributed by atoms with Crippen LogP contribution >= 0.6 is 0 Å². The number of aliphatic hydroxyl groups excluding tert-OH is 1. The van der Waals surface area contributed by atoms with Gasteiger partial charge in [-0.05, 0) is 20.8 Å². The maximum atomic E-state index is 7.33. The summed E-state index contributed by atoms with van der Waals surface area (Å²) in [6.07, 6.45) is 0.713. The van der Waals surface area contributed by atoms with Crippen LogP contribution in [0.15, 0.2) is 12.8 Å². The van der Waals surface area contributed by atoms with E-state index in [0.29, 0.717) is 0 Å². The van der Waals surface area contributed by atoms with Crippen LogP contribution in [0, 0.1) is 0 Å². The summed E-state index contributed by atoms with van der Waals surface area (Å²) in [6.45, 7) is 10.2. The molecule has 0 radical (unpaired) electrons. The minimum atomic E-state index is -0.0370. The van der Waals surface area contributed by atoms with E-state index in [1.807, 2.05) is 20.8 Å². The largest absolute Gasteiger partial charge is 0.516 e. The summed E-state index contributed by atoms with van der Waals surface area (Å²) in [4.78, 5) is 0. The number of rotatable bonds is 4. The standard InChI is InChI=1S/C6H14O2.C2H4O/c1-4-7-6(3)8-5-2;1-2-3/h6H,4-5H2,1-3H3;2-3H,1H2. The summed E-state index contributed by atoms with van der Waals surface area (Å²) >= 11 is 0. The molecule has 0 aromatic carbocycles. The van der Waals surface area contributed by atoms with E-state index in [9.17, 15) is 0 Å². The second-order valence-corrected chi connectivity index (χ2v) is 1.66. The predicted octanol–water partition coefficient (Wildman–Crippen LogP) is 2.09. The molecule has 0 unspecified atom stereocenters. The molecule has 0 heterocycles. The van der Waals surface area contributed by atoms with Crippen molar-refractivity contribution in [1.29, 1.82) is 0 Å². The molecule has 0 amide bonds. The summed E-state index contributed by atoms with van der Waals surface area (Å²) in [5, 5.41) is 7.33. The van der Waals surface area contributed by atoms with Gasteiger partial charge >= 0.3 is 0 Å². The molecule has 0 bridgehead atoms. The molecule has 0 fully saturated rings. The second kappa shape index (κ2) is 12.2. The van der Waals surface area contributed by atoms with E-state index in [-0.39, 0.29) is 6.29 Å².